The number of rotatable bonds is 9. The van der Waals surface area contributed by atoms with Crippen molar-refractivity contribution in [1.29, 1.82) is 0 Å². The van der Waals surface area contributed by atoms with Crippen molar-refractivity contribution in [3.63, 3.8) is 0 Å². The first-order valence-corrected chi connectivity index (χ1v) is 13.1. The number of aliphatic hydroxyl groups is 1. The van der Waals surface area contributed by atoms with E-state index in [2.05, 4.69) is 38.1 Å². The van der Waals surface area contributed by atoms with Gasteiger partial charge in [0, 0.05) is 4.91 Å². The molecule has 1 aliphatic rings. The van der Waals surface area contributed by atoms with Crippen LogP contribution in [0.1, 0.15) is 6.23 Å². The van der Waals surface area contributed by atoms with Gasteiger partial charge in [-0.15, -0.1) is 0 Å². The molecule has 188 valence electrons. The number of anilines is 2. The summed E-state index contributed by atoms with van der Waals surface area (Å²) < 4.78 is 52.4. The van der Waals surface area contributed by atoms with Crippen molar-refractivity contribution in [2.75, 3.05) is 18.1 Å². The number of nitrogens with zero attached hydrogens (tertiary/aromatic N) is 7. The van der Waals surface area contributed by atoms with Crippen LogP contribution in [0.25, 0.3) is 21.6 Å². The molecule has 0 aliphatic carbocycles. The highest BCUT2D eigenvalue weighted by atomic mass is 31.3. The fourth-order valence-corrected chi connectivity index (χ4v) is 5.92. The van der Waals surface area contributed by atoms with Crippen LogP contribution in [-0.4, -0.2) is 69.1 Å². The zero-order chi connectivity index (χ0) is 25.5. The summed E-state index contributed by atoms with van der Waals surface area (Å²) in [6, 6.07) is -1.37. The maximum Gasteiger partial charge on any atom is 0.490 e. The van der Waals surface area contributed by atoms with Crippen molar-refractivity contribution in [3.8, 4) is 0 Å². The molecule has 3 heterocycles. The standard InChI is InChI=1S/C10H16N9O12P3/c11-7-5-8(16-10(12)15-7)19(2-14-5)9-4(17-18-13)6(20)3(29-9)1-28-33(24,25)31-34(26,27)30-32(21,22)23/h2-4,6,9,20H,1H2,(H,24,25)(H,26,27)(H2,21,22,23)(H4,11,12,15,16)/t3-,4-,6-,9-/m1/s1. The van der Waals surface area contributed by atoms with Gasteiger partial charge in [-0.25, -0.2) is 18.7 Å². The fraction of sp³-hybridized carbons (Fsp3) is 0.500. The van der Waals surface area contributed by atoms with E-state index in [9.17, 15) is 28.6 Å². The lowest BCUT2D eigenvalue weighted by molar-refractivity contribution is -0.0428. The van der Waals surface area contributed by atoms with E-state index in [0.29, 0.717) is 0 Å². The molecule has 0 saturated carbocycles. The third kappa shape index (κ3) is 6.07. The molecule has 6 atom stereocenters. The number of azide groups is 1. The second-order valence-electron chi connectivity index (χ2n) is 6.43. The Hall–Kier alpha value is -2.21. The number of hydrogen-bond donors (Lipinski definition) is 7. The van der Waals surface area contributed by atoms with Gasteiger partial charge in [0.1, 0.15) is 23.9 Å². The summed E-state index contributed by atoms with van der Waals surface area (Å²) in [7, 11) is -16.8. The number of nitrogen functional groups attached to an aromatic ring is 2. The van der Waals surface area contributed by atoms with Crippen LogP contribution >= 0.6 is 23.5 Å². The van der Waals surface area contributed by atoms with Crippen LogP contribution in [-0.2, 0) is 31.6 Å². The summed E-state index contributed by atoms with van der Waals surface area (Å²) in [4.78, 5) is 50.1. The van der Waals surface area contributed by atoms with Gasteiger partial charge in [0.25, 0.3) is 0 Å². The second-order valence-corrected chi connectivity index (χ2v) is 10.8. The second kappa shape index (κ2) is 9.44. The summed E-state index contributed by atoms with van der Waals surface area (Å²) in [5.74, 6) is -0.306. The van der Waals surface area contributed by atoms with E-state index in [-0.39, 0.29) is 22.9 Å². The third-order valence-corrected chi connectivity index (χ3v) is 7.88. The van der Waals surface area contributed by atoms with Crippen molar-refractivity contribution in [2.24, 2.45) is 5.11 Å². The molecular formula is C10H16N9O12P3. The highest BCUT2D eigenvalue weighted by Gasteiger charge is 2.47. The van der Waals surface area contributed by atoms with Crippen molar-refractivity contribution >= 4 is 46.4 Å². The minimum atomic E-state index is -5.74. The average Bonchev–Trinajstić information content (AvgIpc) is 3.19. The van der Waals surface area contributed by atoms with Crippen LogP contribution < -0.4 is 11.5 Å². The summed E-state index contributed by atoms with van der Waals surface area (Å²) in [6.45, 7) is -0.995. The molecule has 0 radical (unpaired) electrons. The largest absolute Gasteiger partial charge is 0.490 e. The minimum absolute atomic E-state index is 0.0360. The van der Waals surface area contributed by atoms with Crippen LogP contribution in [0.5, 0.6) is 0 Å². The molecule has 2 aromatic heterocycles. The van der Waals surface area contributed by atoms with Gasteiger partial charge in [0.05, 0.1) is 19.0 Å². The molecule has 0 aromatic carbocycles. The molecule has 0 amide bonds. The van der Waals surface area contributed by atoms with Crippen molar-refractivity contribution in [3.05, 3.63) is 16.8 Å². The SMILES string of the molecule is [N-]=[N+]=N[C@@H]1[C@H](O)[C@@H](COP(=O)(O)OP(=O)(O)OP(=O)(O)O)O[C@H]1n1cnc2c(N)nc(N)nc21. The van der Waals surface area contributed by atoms with E-state index < -0.39 is 54.6 Å². The maximum absolute atomic E-state index is 11.9. The predicted molar refractivity (Wildman–Crippen MR) is 107 cm³/mol. The highest BCUT2D eigenvalue weighted by molar-refractivity contribution is 7.66. The lowest BCUT2D eigenvalue weighted by atomic mass is 10.1. The summed E-state index contributed by atoms with van der Waals surface area (Å²) in [6.07, 6.45) is -3.31. The maximum atomic E-state index is 11.9. The Labute approximate surface area is 187 Å². The normalized spacial score (nSPS) is 26.6. The van der Waals surface area contributed by atoms with Gasteiger partial charge in [-0.1, -0.05) is 5.11 Å². The van der Waals surface area contributed by atoms with Gasteiger partial charge in [0.15, 0.2) is 11.5 Å². The number of phosphoric ester groups is 1. The number of ether oxygens (including phenoxy) is 1. The number of imidazole rings is 1. The summed E-state index contributed by atoms with van der Waals surface area (Å²) in [5.41, 5.74) is 20.3. The number of hydrogen-bond acceptors (Lipinski definition) is 14. The quantitative estimate of drug-likeness (QED) is 0.0880. The van der Waals surface area contributed by atoms with Crippen molar-refractivity contribution < 1.29 is 56.3 Å². The number of fused-ring (bicyclic) bond motifs is 1. The smallest absolute Gasteiger partial charge is 0.390 e. The Kier molecular flexibility index (Phi) is 7.33. The van der Waals surface area contributed by atoms with Crippen LogP contribution in [0.15, 0.2) is 11.4 Å². The van der Waals surface area contributed by atoms with Crippen molar-refractivity contribution in [1.82, 2.24) is 19.5 Å². The van der Waals surface area contributed by atoms with Crippen molar-refractivity contribution in [2.45, 2.75) is 24.5 Å². The Morgan fingerprint density at radius 3 is 2.47 bits per heavy atom. The Morgan fingerprint density at radius 1 is 1.18 bits per heavy atom. The van der Waals surface area contributed by atoms with E-state index >= 15 is 0 Å². The molecular weight excluding hydrogens is 531 g/mol. The third-order valence-electron chi connectivity index (χ3n) is 4.08. The van der Waals surface area contributed by atoms with Gasteiger partial charge >= 0.3 is 23.5 Å². The van der Waals surface area contributed by atoms with Gasteiger partial charge in [-0.3, -0.25) is 9.09 Å². The highest BCUT2D eigenvalue weighted by Crippen LogP contribution is 2.66. The van der Waals surface area contributed by atoms with Crippen LogP contribution in [0.3, 0.4) is 0 Å². The van der Waals surface area contributed by atoms with E-state index in [0.717, 1.165) is 6.33 Å². The fourth-order valence-electron chi connectivity index (χ4n) is 2.89. The lowest BCUT2D eigenvalue weighted by Gasteiger charge is -2.19. The van der Waals surface area contributed by atoms with E-state index in [1.165, 1.54) is 4.57 Å². The Morgan fingerprint density at radius 2 is 1.85 bits per heavy atom. The van der Waals surface area contributed by atoms with E-state index in [1.807, 2.05) is 0 Å². The number of aliphatic hydroxyl groups excluding tert-OH is 1. The molecule has 3 rings (SSSR count). The number of phosphoric acid groups is 3. The molecule has 1 fully saturated rings. The van der Waals surface area contributed by atoms with Crippen LogP contribution in [0.2, 0.25) is 0 Å². The zero-order valence-electron chi connectivity index (χ0n) is 16.3. The first-order chi connectivity index (χ1) is 15.6. The summed E-state index contributed by atoms with van der Waals surface area (Å²) >= 11 is 0. The molecule has 0 spiro atoms. The lowest BCUT2D eigenvalue weighted by Crippen LogP contribution is -2.32. The minimum Gasteiger partial charge on any atom is -0.390 e. The van der Waals surface area contributed by atoms with Gasteiger partial charge in [-0.05, 0) is 5.53 Å². The van der Waals surface area contributed by atoms with Crippen LogP contribution in [0.4, 0.5) is 11.8 Å². The Balaban J connectivity index is 1.80. The molecule has 9 N–H and O–H groups in total. The predicted octanol–water partition coefficient (Wildman–Crippen LogP) is -0.729. The van der Waals surface area contributed by atoms with E-state index in [1.54, 1.807) is 0 Å². The molecule has 1 aliphatic heterocycles. The zero-order valence-corrected chi connectivity index (χ0v) is 19.0. The number of nitrogens with two attached hydrogens (primary N) is 2. The topological polar surface area (TPSA) is 334 Å². The van der Waals surface area contributed by atoms with E-state index in [4.69, 9.17) is 31.5 Å². The molecule has 2 unspecified atom stereocenters. The molecule has 24 heteroatoms. The van der Waals surface area contributed by atoms with Gasteiger partial charge < -0.3 is 40.9 Å². The molecule has 21 nitrogen and oxygen atoms in total. The first-order valence-electron chi connectivity index (χ1n) is 8.54. The van der Waals surface area contributed by atoms with Crippen LogP contribution in [0, 0.1) is 0 Å². The Bertz CT molecular complexity index is 1280. The molecule has 0 bridgehead atoms. The van der Waals surface area contributed by atoms with Gasteiger partial charge in [0.2, 0.25) is 5.95 Å². The first kappa shape index (κ1) is 26.4. The molecule has 34 heavy (non-hydrogen) atoms. The molecule has 1 saturated heterocycles. The average molecular weight is 547 g/mol. The monoisotopic (exact) mass is 547 g/mol. The van der Waals surface area contributed by atoms with Gasteiger partial charge in [-0.2, -0.15) is 18.6 Å². The number of aromatic nitrogens is 4. The molecule has 2 aromatic rings. The summed E-state index contributed by atoms with van der Waals surface area (Å²) in [5, 5.41) is 13.9.